The van der Waals surface area contributed by atoms with Crippen LogP contribution in [0.5, 0.6) is 0 Å². The fourth-order valence-electron chi connectivity index (χ4n) is 1.68. The highest BCUT2D eigenvalue weighted by Crippen LogP contribution is 2.24. The highest BCUT2D eigenvalue weighted by Gasteiger charge is 2.25. The van der Waals surface area contributed by atoms with E-state index in [-0.39, 0.29) is 6.54 Å². The molecule has 0 fully saturated rings. The Morgan fingerprint density at radius 2 is 2.29 bits per heavy atom. The van der Waals surface area contributed by atoms with E-state index < -0.39 is 11.6 Å². The lowest BCUT2D eigenvalue weighted by Crippen LogP contribution is -2.40. The first kappa shape index (κ1) is 15.9. The number of aliphatic hydroxyl groups is 1. The molecule has 3 N–H and O–H groups in total. The number of aromatic nitrogens is 2. The number of nitrogens with zero attached hydrogens (tertiary/aromatic N) is 2. The lowest BCUT2D eigenvalue weighted by molar-refractivity contribution is 0.0637. The quantitative estimate of drug-likeness (QED) is 0.761. The molecule has 2 rings (SSSR count). The average molecular weight is 326 g/mol. The zero-order chi connectivity index (χ0) is 15.3. The number of thiophene rings is 1. The number of carbonyl (C=O) groups is 1. The van der Waals surface area contributed by atoms with Gasteiger partial charge >= 0.3 is 6.03 Å². The second-order valence-corrected chi connectivity index (χ2v) is 6.82. The number of aryl methyl sites for hydroxylation is 1. The van der Waals surface area contributed by atoms with E-state index in [9.17, 15) is 9.90 Å². The van der Waals surface area contributed by atoms with Crippen LogP contribution in [-0.2, 0) is 12.0 Å². The first-order chi connectivity index (χ1) is 10.0. The Hall–Kier alpha value is -1.51. The first-order valence-corrected chi connectivity index (χ1v) is 8.34. The van der Waals surface area contributed by atoms with Gasteiger partial charge in [0.15, 0.2) is 0 Å². The zero-order valence-electron chi connectivity index (χ0n) is 11.9. The van der Waals surface area contributed by atoms with Crippen LogP contribution in [0.25, 0.3) is 0 Å². The van der Waals surface area contributed by atoms with Crippen LogP contribution in [0.3, 0.4) is 0 Å². The summed E-state index contributed by atoms with van der Waals surface area (Å²) in [7, 11) is 0. The molecule has 0 aromatic carbocycles. The third kappa shape index (κ3) is 4.48. The predicted molar refractivity (Wildman–Crippen MR) is 84.8 cm³/mol. The van der Waals surface area contributed by atoms with E-state index in [1.165, 1.54) is 22.7 Å². The number of hydrogen-bond acceptors (Lipinski definition) is 6. The topological polar surface area (TPSA) is 87.1 Å². The second kappa shape index (κ2) is 6.97. The molecular weight excluding hydrogens is 308 g/mol. The van der Waals surface area contributed by atoms with E-state index in [0.29, 0.717) is 5.13 Å². The molecule has 1 atom stereocenters. The van der Waals surface area contributed by atoms with Crippen molar-refractivity contribution in [2.45, 2.75) is 32.3 Å². The van der Waals surface area contributed by atoms with Crippen molar-refractivity contribution < 1.29 is 9.90 Å². The SMILES string of the molecule is CCCc1nnc(NC(=O)NC[C@@](C)(O)c2cccs2)s1. The first-order valence-electron chi connectivity index (χ1n) is 6.65. The van der Waals surface area contributed by atoms with Gasteiger partial charge in [0.1, 0.15) is 10.6 Å². The smallest absolute Gasteiger partial charge is 0.321 e. The molecule has 0 aliphatic carbocycles. The van der Waals surface area contributed by atoms with Gasteiger partial charge in [0.25, 0.3) is 0 Å². The molecule has 2 aromatic heterocycles. The molecule has 0 aliphatic heterocycles. The lowest BCUT2D eigenvalue weighted by atomic mass is 10.1. The van der Waals surface area contributed by atoms with Crippen molar-refractivity contribution in [3.63, 3.8) is 0 Å². The van der Waals surface area contributed by atoms with Gasteiger partial charge in [0, 0.05) is 11.3 Å². The van der Waals surface area contributed by atoms with Crippen molar-refractivity contribution in [3.05, 3.63) is 27.4 Å². The second-order valence-electron chi connectivity index (χ2n) is 4.81. The van der Waals surface area contributed by atoms with E-state index >= 15 is 0 Å². The molecule has 0 unspecified atom stereocenters. The van der Waals surface area contributed by atoms with E-state index in [1.807, 2.05) is 17.5 Å². The van der Waals surface area contributed by atoms with Crippen LogP contribution < -0.4 is 10.6 Å². The number of amides is 2. The Bertz CT molecular complexity index is 581. The van der Waals surface area contributed by atoms with Gasteiger partial charge in [-0.25, -0.2) is 4.79 Å². The van der Waals surface area contributed by atoms with E-state index in [0.717, 1.165) is 22.7 Å². The molecule has 0 saturated heterocycles. The summed E-state index contributed by atoms with van der Waals surface area (Å²) in [6, 6.07) is 3.31. The molecule has 2 heterocycles. The van der Waals surface area contributed by atoms with Crippen molar-refractivity contribution in [1.82, 2.24) is 15.5 Å². The van der Waals surface area contributed by atoms with Crippen LogP contribution in [-0.4, -0.2) is 27.9 Å². The maximum Gasteiger partial charge on any atom is 0.321 e. The molecule has 2 amide bonds. The average Bonchev–Trinajstić information content (AvgIpc) is 3.09. The highest BCUT2D eigenvalue weighted by molar-refractivity contribution is 7.15. The van der Waals surface area contributed by atoms with Gasteiger partial charge in [0.05, 0.1) is 6.54 Å². The number of anilines is 1. The van der Waals surface area contributed by atoms with Crippen molar-refractivity contribution in [2.75, 3.05) is 11.9 Å². The summed E-state index contributed by atoms with van der Waals surface area (Å²) < 4.78 is 0. The van der Waals surface area contributed by atoms with Crippen LogP contribution in [0.4, 0.5) is 9.93 Å². The molecule has 0 aliphatic rings. The number of rotatable bonds is 6. The van der Waals surface area contributed by atoms with Crippen LogP contribution in [0, 0.1) is 0 Å². The molecular formula is C13H18N4O2S2. The predicted octanol–water partition coefficient (Wildman–Crippen LogP) is 2.58. The van der Waals surface area contributed by atoms with Gasteiger partial charge in [-0.15, -0.1) is 21.5 Å². The summed E-state index contributed by atoms with van der Waals surface area (Å²) in [4.78, 5) is 12.6. The van der Waals surface area contributed by atoms with Crippen molar-refractivity contribution >= 4 is 33.8 Å². The number of urea groups is 1. The van der Waals surface area contributed by atoms with Crippen molar-refractivity contribution in [3.8, 4) is 0 Å². The molecule has 0 saturated carbocycles. The Labute approximate surface area is 131 Å². The standard InChI is InChI=1S/C13H18N4O2S2/c1-3-5-10-16-17-12(21-10)15-11(18)14-8-13(2,19)9-6-4-7-20-9/h4,6-7,19H,3,5,8H2,1-2H3,(H2,14,15,17,18)/t13-/m1/s1. The number of carbonyl (C=O) groups excluding carboxylic acids is 1. The van der Waals surface area contributed by atoms with Crippen molar-refractivity contribution in [2.24, 2.45) is 0 Å². The largest absolute Gasteiger partial charge is 0.383 e. The summed E-state index contributed by atoms with van der Waals surface area (Å²) in [5.41, 5.74) is -1.08. The van der Waals surface area contributed by atoms with E-state index in [2.05, 4.69) is 27.8 Å². The van der Waals surface area contributed by atoms with Gasteiger partial charge in [-0.05, 0) is 24.8 Å². The third-order valence-corrected chi connectivity index (χ3v) is 4.82. The molecule has 8 heteroatoms. The summed E-state index contributed by atoms with van der Waals surface area (Å²) in [5.74, 6) is 0. The van der Waals surface area contributed by atoms with Gasteiger partial charge in [-0.3, -0.25) is 5.32 Å². The summed E-state index contributed by atoms with van der Waals surface area (Å²) in [6.07, 6.45) is 1.85. The van der Waals surface area contributed by atoms with Crippen LogP contribution >= 0.6 is 22.7 Å². The summed E-state index contributed by atoms with van der Waals surface area (Å²) >= 11 is 2.81. The number of hydrogen-bond donors (Lipinski definition) is 3. The summed E-state index contributed by atoms with van der Waals surface area (Å²) in [6.45, 7) is 3.86. The normalized spacial score (nSPS) is 13.7. The number of nitrogens with one attached hydrogen (secondary N) is 2. The minimum Gasteiger partial charge on any atom is -0.383 e. The minimum atomic E-state index is -1.08. The van der Waals surface area contributed by atoms with Crippen LogP contribution in [0.1, 0.15) is 30.2 Å². The Morgan fingerprint density at radius 3 is 2.95 bits per heavy atom. The lowest BCUT2D eigenvalue weighted by Gasteiger charge is -2.22. The molecule has 0 spiro atoms. The van der Waals surface area contributed by atoms with Gasteiger partial charge in [0.2, 0.25) is 5.13 Å². The maximum absolute atomic E-state index is 11.8. The molecule has 0 radical (unpaired) electrons. The molecule has 0 bridgehead atoms. The fourth-order valence-corrected chi connectivity index (χ4v) is 3.31. The minimum absolute atomic E-state index is 0.125. The van der Waals surface area contributed by atoms with Gasteiger partial charge < -0.3 is 10.4 Å². The molecule has 2 aromatic rings. The Kier molecular flexibility index (Phi) is 5.27. The Morgan fingerprint density at radius 1 is 1.48 bits per heavy atom. The monoisotopic (exact) mass is 326 g/mol. The zero-order valence-corrected chi connectivity index (χ0v) is 13.6. The molecule has 21 heavy (non-hydrogen) atoms. The maximum atomic E-state index is 11.8. The van der Waals surface area contributed by atoms with E-state index in [4.69, 9.17) is 0 Å². The summed E-state index contributed by atoms with van der Waals surface area (Å²) in [5, 5.41) is 26.7. The van der Waals surface area contributed by atoms with Gasteiger partial charge in [-0.2, -0.15) is 0 Å². The van der Waals surface area contributed by atoms with Crippen LogP contribution in [0.15, 0.2) is 17.5 Å². The van der Waals surface area contributed by atoms with Gasteiger partial charge in [-0.1, -0.05) is 24.3 Å². The van der Waals surface area contributed by atoms with Crippen LogP contribution in [0.2, 0.25) is 0 Å². The highest BCUT2D eigenvalue weighted by atomic mass is 32.1. The molecule has 114 valence electrons. The molecule has 6 nitrogen and oxygen atoms in total. The van der Waals surface area contributed by atoms with Crippen molar-refractivity contribution in [1.29, 1.82) is 0 Å². The fraction of sp³-hybridized carbons (Fsp3) is 0.462. The Balaban J connectivity index is 1.84. The third-order valence-electron chi connectivity index (χ3n) is 2.80. The van der Waals surface area contributed by atoms with E-state index in [1.54, 1.807) is 6.92 Å².